The highest BCUT2D eigenvalue weighted by Gasteiger charge is 2.51. The van der Waals surface area contributed by atoms with Gasteiger partial charge in [0.15, 0.2) is 0 Å². The fourth-order valence-corrected chi connectivity index (χ4v) is 2.75. The molecule has 2 aliphatic rings. The Morgan fingerprint density at radius 3 is 2.36 bits per heavy atom. The van der Waals surface area contributed by atoms with Gasteiger partial charge in [-0.2, -0.15) is 0 Å². The van der Waals surface area contributed by atoms with Gasteiger partial charge < -0.3 is 5.11 Å². The van der Waals surface area contributed by atoms with Crippen LogP contribution in [0.1, 0.15) is 45.4 Å². The van der Waals surface area contributed by atoms with Crippen molar-refractivity contribution in [2.75, 3.05) is 0 Å². The number of rotatable bonds is 3. The average Bonchev–Trinajstić information content (AvgIpc) is 2.63. The summed E-state index contributed by atoms with van der Waals surface area (Å²) in [6.45, 7) is 2.04. The molecule has 0 bridgehead atoms. The fraction of sp³-hybridized carbons (Fsp3) is 0.909. The van der Waals surface area contributed by atoms with Gasteiger partial charge in [-0.25, -0.2) is 0 Å². The van der Waals surface area contributed by atoms with E-state index < -0.39 is 11.5 Å². The number of nitrogens with one attached hydrogen (secondary N) is 1. The summed E-state index contributed by atoms with van der Waals surface area (Å²) in [4.78, 5) is 11.2. The van der Waals surface area contributed by atoms with Crippen molar-refractivity contribution in [1.82, 2.24) is 5.32 Å². The molecule has 0 aliphatic heterocycles. The van der Waals surface area contributed by atoms with E-state index in [-0.39, 0.29) is 0 Å². The van der Waals surface area contributed by atoms with Crippen LogP contribution in [0.3, 0.4) is 0 Å². The van der Waals surface area contributed by atoms with E-state index in [1.54, 1.807) is 0 Å². The SMILES string of the molecule is CC1CCC1(NC1CCCC1)C(=O)O. The predicted octanol–water partition coefficient (Wildman–Crippen LogP) is 1.77. The Balaban J connectivity index is 2.01. The van der Waals surface area contributed by atoms with Gasteiger partial charge >= 0.3 is 5.97 Å². The van der Waals surface area contributed by atoms with Crippen molar-refractivity contribution in [3.63, 3.8) is 0 Å². The van der Waals surface area contributed by atoms with Gasteiger partial charge in [-0.1, -0.05) is 19.8 Å². The molecule has 0 aromatic rings. The number of aliphatic carboxylic acids is 1. The molecule has 80 valence electrons. The molecule has 2 atom stereocenters. The highest BCUT2D eigenvalue weighted by Crippen LogP contribution is 2.40. The fourth-order valence-electron chi connectivity index (χ4n) is 2.75. The molecule has 0 spiro atoms. The second kappa shape index (κ2) is 3.54. The number of hydrogen-bond donors (Lipinski definition) is 2. The van der Waals surface area contributed by atoms with E-state index >= 15 is 0 Å². The first-order valence-electron chi connectivity index (χ1n) is 5.66. The lowest BCUT2D eigenvalue weighted by Crippen LogP contribution is -2.64. The van der Waals surface area contributed by atoms with Crippen LogP contribution in [0.25, 0.3) is 0 Å². The first kappa shape index (κ1) is 9.97. The van der Waals surface area contributed by atoms with Crippen molar-refractivity contribution in [2.45, 2.75) is 57.0 Å². The van der Waals surface area contributed by atoms with Crippen LogP contribution in [0, 0.1) is 5.92 Å². The molecule has 2 unspecified atom stereocenters. The van der Waals surface area contributed by atoms with Crippen molar-refractivity contribution in [3.05, 3.63) is 0 Å². The maximum atomic E-state index is 11.2. The molecule has 2 fully saturated rings. The molecule has 14 heavy (non-hydrogen) atoms. The minimum atomic E-state index is -0.650. The zero-order valence-corrected chi connectivity index (χ0v) is 8.75. The third-order valence-electron chi connectivity index (χ3n) is 4.01. The monoisotopic (exact) mass is 197 g/mol. The smallest absolute Gasteiger partial charge is 0.324 e. The topological polar surface area (TPSA) is 49.3 Å². The lowest BCUT2D eigenvalue weighted by molar-refractivity contribution is -0.153. The summed E-state index contributed by atoms with van der Waals surface area (Å²) >= 11 is 0. The highest BCUT2D eigenvalue weighted by molar-refractivity contribution is 5.80. The van der Waals surface area contributed by atoms with Crippen LogP contribution in [0.5, 0.6) is 0 Å². The molecule has 2 saturated carbocycles. The quantitative estimate of drug-likeness (QED) is 0.725. The van der Waals surface area contributed by atoms with Crippen LogP contribution in [0.2, 0.25) is 0 Å². The summed E-state index contributed by atoms with van der Waals surface area (Å²) in [5, 5.41) is 12.6. The van der Waals surface area contributed by atoms with Crippen LogP contribution < -0.4 is 5.32 Å². The minimum Gasteiger partial charge on any atom is -0.480 e. The minimum absolute atomic E-state index is 0.292. The first-order chi connectivity index (χ1) is 6.65. The summed E-state index contributed by atoms with van der Waals surface area (Å²) in [6.07, 6.45) is 6.67. The van der Waals surface area contributed by atoms with E-state index in [0.29, 0.717) is 12.0 Å². The van der Waals surface area contributed by atoms with Gasteiger partial charge in [-0.3, -0.25) is 10.1 Å². The zero-order valence-electron chi connectivity index (χ0n) is 8.75. The standard InChI is InChI=1S/C11H19NO2/c1-8-6-7-11(8,10(13)14)12-9-4-2-3-5-9/h8-9,12H,2-7H2,1H3,(H,13,14). The Kier molecular flexibility index (Phi) is 2.52. The average molecular weight is 197 g/mol. The van der Waals surface area contributed by atoms with Crippen LogP contribution in [-0.4, -0.2) is 22.7 Å². The Hall–Kier alpha value is -0.570. The second-order valence-electron chi connectivity index (χ2n) is 4.84. The molecular formula is C11H19NO2. The van der Waals surface area contributed by atoms with Gasteiger partial charge in [0, 0.05) is 6.04 Å². The molecule has 0 aromatic carbocycles. The number of hydrogen-bond acceptors (Lipinski definition) is 2. The van der Waals surface area contributed by atoms with Gasteiger partial charge in [0.25, 0.3) is 0 Å². The van der Waals surface area contributed by atoms with Gasteiger partial charge in [0.1, 0.15) is 5.54 Å². The van der Waals surface area contributed by atoms with Gasteiger partial charge in [-0.15, -0.1) is 0 Å². The summed E-state index contributed by atoms with van der Waals surface area (Å²) in [7, 11) is 0. The lowest BCUT2D eigenvalue weighted by Gasteiger charge is -2.46. The highest BCUT2D eigenvalue weighted by atomic mass is 16.4. The molecule has 2 aliphatic carbocycles. The Morgan fingerprint density at radius 2 is 2.00 bits per heavy atom. The molecule has 0 saturated heterocycles. The van der Waals surface area contributed by atoms with E-state index in [4.69, 9.17) is 0 Å². The third kappa shape index (κ3) is 1.44. The number of carbonyl (C=O) groups is 1. The molecule has 3 nitrogen and oxygen atoms in total. The molecule has 0 heterocycles. The zero-order chi connectivity index (χ0) is 10.2. The first-order valence-corrected chi connectivity index (χ1v) is 5.66. The van der Waals surface area contributed by atoms with E-state index in [1.165, 1.54) is 12.8 Å². The van der Waals surface area contributed by atoms with Crippen LogP contribution in [0.4, 0.5) is 0 Å². The van der Waals surface area contributed by atoms with Crippen molar-refractivity contribution in [1.29, 1.82) is 0 Å². The van der Waals surface area contributed by atoms with E-state index in [9.17, 15) is 9.90 Å². The second-order valence-corrected chi connectivity index (χ2v) is 4.84. The van der Waals surface area contributed by atoms with Crippen molar-refractivity contribution >= 4 is 5.97 Å². The van der Waals surface area contributed by atoms with Gasteiger partial charge in [-0.05, 0) is 31.6 Å². The number of carboxylic acids is 1. The Morgan fingerprint density at radius 1 is 1.36 bits per heavy atom. The lowest BCUT2D eigenvalue weighted by atomic mass is 9.67. The predicted molar refractivity (Wildman–Crippen MR) is 54.2 cm³/mol. The normalized spacial score (nSPS) is 38.2. The molecule has 2 rings (SSSR count). The van der Waals surface area contributed by atoms with E-state index in [1.807, 2.05) is 6.92 Å². The van der Waals surface area contributed by atoms with Crippen LogP contribution in [0.15, 0.2) is 0 Å². The molecule has 3 heteroatoms. The third-order valence-corrected chi connectivity index (χ3v) is 4.01. The Labute approximate surface area is 84.9 Å². The van der Waals surface area contributed by atoms with Crippen LogP contribution in [-0.2, 0) is 4.79 Å². The summed E-state index contributed by atoms with van der Waals surface area (Å²) < 4.78 is 0. The van der Waals surface area contributed by atoms with Crippen molar-refractivity contribution in [2.24, 2.45) is 5.92 Å². The molecule has 0 aromatic heterocycles. The molecule has 0 radical (unpaired) electrons. The maximum Gasteiger partial charge on any atom is 0.324 e. The largest absolute Gasteiger partial charge is 0.480 e. The van der Waals surface area contributed by atoms with Crippen molar-refractivity contribution < 1.29 is 9.90 Å². The summed E-state index contributed by atoms with van der Waals surface area (Å²) in [5.41, 5.74) is -0.588. The van der Waals surface area contributed by atoms with Gasteiger partial charge in [0.05, 0.1) is 0 Å². The van der Waals surface area contributed by atoms with Crippen LogP contribution >= 0.6 is 0 Å². The molecular weight excluding hydrogens is 178 g/mol. The Bertz CT molecular complexity index is 235. The van der Waals surface area contributed by atoms with Gasteiger partial charge in [0.2, 0.25) is 0 Å². The molecule has 0 amide bonds. The summed E-state index contributed by atoms with van der Waals surface area (Å²) in [5.74, 6) is -0.358. The van der Waals surface area contributed by atoms with E-state index in [0.717, 1.165) is 25.7 Å². The van der Waals surface area contributed by atoms with E-state index in [2.05, 4.69) is 5.32 Å². The number of carboxylic acid groups (broad SMARTS) is 1. The molecule has 2 N–H and O–H groups in total. The maximum absolute atomic E-state index is 11.2. The van der Waals surface area contributed by atoms with Crippen molar-refractivity contribution in [3.8, 4) is 0 Å². The summed E-state index contributed by atoms with van der Waals surface area (Å²) in [6, 6.07) is 0.453.